The number of benzene rings is 1. The van der Waals surface area contributed by atoms with Crippen LogP contribution < -0.4 is 4.90 Å². The first-order valence-corrected chi connectivity index (χ1v) is 9.99. The van der Waals surface area contributed by atoms with Gasteiger partial charge in [-0.25, -0.2) is 14.4 Å². The van der Waals surface area contributed by atoms with E-state index in [0.29, 0.717) is 41.1 Å². The van der Waals surface area contributed by atoms with Gasteiger partial charge in [0, 0.05) is 55.0 Å². The van der Waals surface area contributed by atoms with Crippen molar-refractivity contribution in [1.82, 2.24) is 34.8 Å². The largest absolute Gasteiger partial charge is 0.390 e. The van der Waals surface area contributed by atoms with Gasteiger partial charge in [0.25, 0.3) is 0 Å². The summed E-state index contributed by atoms with van der Waals surface area (Å²) in [6.45, 7) is 1.17. The number of β-amino-alcohol motifs (C(OH)–C–C–N with tert-alkyl or cyclic N) is 1. The van der Waals surface area contributed by atoms with Crippen LogP contribution in [0.5, 0.6) is 0 Å². The Morgan fingerprint density at radius 3 is 2.74 bits per heavy atom. The smallest absolute Gasteiger partial charge is 0.133 e. The van der Waals surface area contributed by atoms with Crippen LogP contribution in [0.15, 0.2) is 36.9 Å². The molecule has 10 heteroatoms. The molecule has 1 aromatic carbocycles. The molecule has 31 heavy (non-hydrogen) atoms. The maximum absolute atomic E-state index is 14.7. The highest BCUT2D eigenvalue weighted by molar-refractivity contribution is 5.95. The zero-order valence-electron chi connectivity index (χ0n) is 17.5. The van der Waals surface area contributed by atoms with Gasteiger partial charge in [-0.2, -0.15) is 10.2 Å². The highest BCUT2D eigenvalue weighted by atomic mass is 19.1. The van der Waals surface area contributed by atoms with Gasteiger partial charge in [0.15, 0.2) is 0 Å². The summed E-state index contributed by atoms with van der Waals surface area (Å²) < 4.78 is 16.3. The highest BCUT2D eigenvalue weighted by Crippen LogP contribution is 2.32. The Bertz CT molecular complexity index is 1250. The van der Waals surface area contributed by atoms with E-state index in [0.717, 1.165) is 11.2 Å². The number of nitrogens with zero attached hydrogens (tertiary/aromatic N) is 7. The molecule has 1 saturated heterocycles. The van der Waals surface area contributed by atoms with Crippen molar-refractivity contribution >= 4 is 16.7 Å². The highest BCUT2D eigenvalue weighted by Gasteiger charge is 2.33. The van der Waals surface area contributed by atoms with Crippen LogP contribution in [-0.4, -0.2) is 79.3 Å². The average molecular weight is 422 g/mol. The second-order valence-electron chi connectivity index (χ2n) is 8.12. The number of halogens is 1. The fourth-order valence-corrected chi connectivity index (χ4v) is 4.13. The molecule has 4 heterocycles. The predicted octanol–water partition coefficient (Wildman–Crippen LogP) is 1.67. The van der Waals surface area contributed by atoms with Gasteiger partial charge < -0.3 is 14.9 Å². The van der Waals surface area contributed by atoms with Gasteiger partial charge in [-0.05, 0) is 20.2 Å². The monoisotopic (exact) mass is 422 g/mol. The third kappa shape index (κ3) is 3.43. The van der Waals surface area contributed by atoms with E-state index in [2.05, 4.69) is 25.3 Å². The average Bonchev–Trinajstić information content (AvgIpc) is 3.45. The van der Waals surface area contributed by atoms with E-state index in [9.17, 15) is 9.50 Å². The molecule has 5 rings (SSSR count). The number of aliphatic hydroxyl groups is 1. The summed E-state index contributed by atoms with van der Waals surface area (Å²) in [6, 6.07) is 5.10. The van der Waals surface area contributed by atoms with Crippen molar-refractivity contribution in [2.45, 2.75) is 12.1 Å². The van der Waals surface area contributed by atoms with Crippen molar-refractivity contribution < 1.29 is 9.50 Å². The van der Waals surface area contributed by atoms with Gasteiger partial charge in [-0.15, -0.1) is 0 Å². The molecule has 160 valence electrons. The van der Waals surface area contributed by atoms with Gasteiger partial charge in [0.1, 0.15) is 23.7 Å². The van der Waals surface area contributed by atoms with Crippen molar-refractivity contribution in [3.8, 4) is 22.5 Å². The molecule has 0 bridgehead atoms. The molecule has 4 aromatic rings. The Kier molecular flexibility index (Phi) is 4.67. The molecule has 0 saturated carbocycles. The van der Waals surface area contributed by atoms with Crippen molar-refractivity contribution in [1.29, 1.82) is 0 Å². The first kappa shape index (κ1) is 19.6. The van der Waals surface area contributed by atoms with E-state index >= 15 is 0 Å². The normalized spacial score (nSPS) is 19.1. The number of aromatic nitrogens is 6. The first-order chi connectivity index (χ1) is 14.9. The Balaban J connectivity index is 1.54. The van der Waals surface area contributed by atoms with Crippen LogP contribution >= 0.6 is 0 Å². The minimum Gasteiger partial charge on any atom is -0.390 e. The Morgan fingerprint density at radius 2 is 2.03 bits per heavy atom. The van der Waals surface area contributed by atoms with Crippen molar-refractivity contribution in [2.75, 3.05) is 32.1 Å². The third-order valence-electron chi connectivity index (χ3n) is 5.81. The quantitative estimate of drug-likeness (QED) is 0.516. The Hall–Kier alpha value is -3.37. The van der Waals surface area contributed by atoms with Crippen molar-refractivity contribution in [3.63, 3.8) is 0 Å². The zero-order valence-corrected chi connectivity index (χ0v) is 17.5. The lowest BCUT2D eigenvalue weighted by Gasteiger charge is -2.21. The van der Waals surface area contributed by atoms with Gasteiger partial charge in [-0.3, -0.25) is 9.78 Å². The van der Waals surface area contributed by atoms with Gasteiger partial charge in [0.2, 0.25) is 0 Å². The Morgan fingerprint density at radius 1 is 1.19 bits per heavy atom. The second kappa shape index (κ2) is 7.40. The van der Waals surface area contributed by atoms with Gasteiger partial charge >= 0.3 is 0 Å². The molecule has 2 unspecified atom stereocenters. The number of aryl methyl sites for hydroxylation is 1. The number of hydrogen-bond acceptors (Lipinski definition) is 7. The number of likely N-dealkylation sites (N-methyl/N-ethyl adjacent to an activating group) is 1. The van der Waals surface area contributed by atoms with Crippen molar-refractivity contribution in [3.05, 3.63) is 42.7 Å². The minimum absolute atomic E-state index is 0.0367. The number of H-pyrrole nitrogens is 1. The second-order valence-corrected chi connectivity index (χ2v) is 8.12. The van der Waals surface area contributed by atoms with Crippen LogP contribution in [0.4, 0.5) is 10.2 Å². The van der Waals surface area contributed by atoms with Crippen LogP contribution in [0.2, 0.25) is 0 Å². The molecular weight excluding hydrogens is 399 g/mol. The van der Waals surface area contributed by atoms with E-state index in [-0.39, 0.29) is 11.9 Å². The number of aliphatic hydroxyl groups excluding tert-OH is 1. The van der Waals surface area contributed by atoms with E-state index in [1.165, 1.54) is 12.4 Å². The number of anilines is 1. The number of hydrogen-bond donors (Lipinski definition) is 2. The molecule has 0 amide bonds. The lowest BCUT2D eigenvalue weighted by molar-refractivity contribution is 0.114. The summed E-state index contributed by atoms with van der Waals surface area (Å²) in [5.74, 6) is 0.374. The number of nitrogens with one attached hydrogen (secondary N) is 1. The zero-order chi connectivity index (χ0) is 21.7. The van der Waals surface area contributed by atoms with Gasteiger partial charge in [-0.1, -0.05) is 0 Å². The van der Waals surface area contributed by atoms with Crippen LogP contribution in [0.25, 0.3) is 33.4 Å². The summed E-state index contributed by atoms with van der Waals surface area (Å²) in [4.78, 5) is 12.9. The molecule has 9 nitrogen and oxygen atoms in total. The lowest BCUT2D eigenvalue weighted by atomic mass is 10.0. The standard InChI is InChI=1S/C21H23FN8O/c1-28(2)18-9-30(10-19(18)31)20-6-17(23-11-24-20)21-14-4-13(12-7-25-29(3)8-12)15(22)5-16(14)26-27-21/h4-8,11,18-19,31H,9-10H2,1-3H3,(H,26,27). The molecule has 0 aliphatic carbocycles. The molecule has 3 aromatic heterocycles. The molecule has 2 N–H and O–H groups in total. The van der Waals surface area contributed by atoms with Crippen LogP contribution in [-0.2, 0) is 7.05 Å². The van der Waals surface area contributed by atoms with Crippen LogP contribution in [0.1, 0.15) is 0 Å². The summed E-state index contributed by atoms with van der Waals surface area (Å²) >= 11 is 0. The van der Waals surface area contributed by atoms with Crippen molar-refractivity contribution in [2.24, 2.45) is 7.05 Å². The van der Waals surface area contributed by atoms with Gasteiger partial charge in [0.05, 0.1) is 29.6 Å². The number of aromatic amines is 1. The van der Waals surface area contributed by atoms with Crippen LogP contribution in [0.3, 0.4) is 0 Å². The molecule has 0 radical (unpaired) electrons. The maximum Gasteiger partial charge on any atom is 0.133 e. The fraction of sp³-hybridized carbons (Fsp3) is 0.333. The Labute approximate surface area is 178 Å². The molecule has 0 spiro atoms. The topological polar surface area (TPSA) is 99.0 Å². The minimum atomic E-state index is -0.454. The summed E-state index contributed by atoms with van der Waals surface area (Å²) in [5.41, 5.74) is 2.98. The molecular formula is C21H23FN8O. The molecule has 1 aliphatic rings. The number of fused-ring (bicyclic) bond motifs is 1. The molecule has 1 fully saturated rings. The summed E-state index contributed by atoms with van der Waals surface area (Å²) in [7, 11) is 5.71. The SMILES string of the molecule is CN(C)C1CN(c2cc(-c3n[nH]c4cc(F)c(-c5cnn(C)c5)cc34)ncn2)CC1O. The van der Waals surface area contributed by atoms with E-state index in [4.69, 9.17) is 0 Å². The third-order valence-corrected chi connectivity index (χ3v) is 5.81. The predicted molar refractivity (Wildman–Crippen MR) is 115 cm³/mol. The van der Waals surface area contributed by atoms with E-state index in [1.807, 2.05) is 30.0 Å². The van der Waals surface area contributed by atoms with Crippen LogP contribution in [0, 0.1) is 5.82 Å². The molecule has 1 aliphatic heterocycles. The van der Waals surface area contributed by atoms with E-state index < -0.39 is 6.10 Å². The molecule has 2 atom stereocenters. The first-order valence-electron chi connectivity index (χ1n) is 9.99. The van der Waals surface area contributed by atoms with E-state index in [1.54, 1.807) is 30.2 Å². The lowest BCUT2D eigenvalue weighted by Crippen LogP contribution is -2.38. The fourth-order valence-electron chi connectivity index (χ4n) is 4.13. The summed E-state index contributed by atoms with van der Waals surface area (Å²) in [5, 5.41) is 22.6. The number of rotatable bonds is 4. The summed E-state index contributed by atoms with van der Waals surface area (Å²) in [6.07, 6.45) is 4.44. The maximum atomic E-state index is 14.7.